The number of hydrogen-bond donors (Lipinski definition) is 3. The summed E-state index contributed by atoms with van der Waals surface area (Å²) in [5.41, 5.74) is 1.88. The molecule has 9 nitrogen and oxygen atoms in total. The fourth-order valence-electron chi connectivity index (χ4n) is 3.36. The molecule has 1 aromatic heterocycles. The van der Waals surface area contributed by atoms with Gasteiger partial charge in [-0.3, -0.25) is 9.59 Å². The van der Waals surface area contributed by atoms with Crippen molar-refractivity contribution in [1.82, 2.24) is 19.8 Å². The minimum Gasteiger partial charge on any atom is -0.508 e. The zero-order valence-corrected chi connectivity index (χ0v) is 18.7. The molecule has 0 aliphatic carbocycles. The standard InChI is InChI=1S/C23H23ClN6O3/c1-29-8-10-30(11-9-29)22(33)15-2-4-16(5-3-15)28-23-25-13-17(14-26-23)27-21(32)19-12-18(31)6-7-20(19)24/h2-7,12-14,31H,8-11H2,1H3,(H,27,32)(H,25,26,28). The number of carbonyl (C=O) groups excluding carboxylic acids is 2. The Kier molecular flexibility index (Phi) is 6.71. The lowest BCUT2D eigenvalue weighted by molar-refractivity contribution is 0.0664. The number of phenolic OH excluding ortho intramolecular Hbond substituents is 1. The normalized spacial score (nSPS) is 14.1. The SMILES string of the molecule is CN1CCN(C(=O)c2ccc(Nc3ncc(NC(=O)c4cc(O)ccc4Cl)cn3)cc2)CC1. The number of anilines is 3. The van der Waals surface area contributed by atoms with E-state index in [4.69, 9.17) is 11.6 Å². The van der Waals surface area contributed by atoms with Gasteiger partial charge in [0.1, 0.15) is 5.75 Å². The van der Waals surface area contributed by atoms with E-state index in [9.17, 15) is 14.7 Å². The van der Waals surface area contributed by atoms with Gasteiger partial charge in [0, 0.05) is 37.4 Å². The lowest BCUT2D eigenvalue weighted by Crippen LogP contribution is -2.47. The summed E-state index contributed by atoms with van der Waals surface area (Å²) >= 11 is 6.01. The van der Waals surface area contributed by atoms with Gasteiger partial charge in [0.25, 0.3) is 11.8 Å². The van der Waals surface area contributed by atoms with E-state index in [-0.39, 0.29) is 22.2 Å². The van der Waals surface area contributed by atoms with Crippen LogP contribution in [0.15, 0.2) is 54.9 Å². The topological polar surface area (TPSA) is 111 Å². The zero-order valence-electron chi connectivity index (χ0n) is 18.0. The minimum absolute atomic E-state index is 0.0258. The van der Waals surface area contributed by atoms with Gasteiger partial charge in [-0.2, -0.15) is 0 Å². The van der Waals surface area contributed by atoms with Gasteiger partial charge >= 0.3 is 0 Å². The number of phenols is 1. The summed E-state index contributed by atoms with van der Waals surface area (Å²) in [5.74, 6) is -0.184. The Labute approximate surface area is 196 Å². The summed E-state index contributed by atoms with van der Waals surface area (Å²) in [6.45, 7) is 3.20. The predicted octanol–water partition coefficient (Wildman–Crippen LogP) is 3.22. The van der Waals surface area contributed by atoms with Crippen LogP contribution in [0.4, 0.5) is 17.3 Å². The zero-order chi connectivity index (χ0) is 23.4. The molecule has 2 heterocycles. The number of nitrogens with one attached hydrogen (secondary N) is 2. The van der Waals surface area contributed by atoms with Crippen molar-refractivity contribution >= 4 is 40.7 Å². The minimum atomic E-state index is -0.485. The number of piperazine rings is 1. The molecule has 2 aromatic carbocycles. The van der Waals surface area contributed by atoms with Crippen LogP contribution in [0.3, 0.4) is 0 Å². The van der Waals surface area contributed by atoms with Gasteiger partial charge in [0.2, 0.25) is 5.95 Å². The molecule has 10 heteroatoms. The van der Waals surface area contributed by atoms with Crippen LogP contribution in [0, 0.1) is 0 Å². The quantitative estimate of drug-likeness (QED) is 0.529. The van der Waals surface area contributed by atoms with Crippen molar-refractivity contribution in [2.45, 2.75) is 0 Å². The summed E-state index contributed by atoms with van der Waals surface area (Å²) in [6, 6.07) is 11.3. The highest BCUT2D eigenvalue weighted by atomic mass is 35.5. The Morgan fingerprint density at radius 2 is 1.64 bits per heavy atom. The molecule has 0 bridgehead atoms. The van der Waals surface area contributed by atoms with Gasteiger partial charge in [-0.25, -0.2) is 9.97 Å². The molecule has 0 atom stereocenters. The van der Waals surface area contributed by atoms with E-state index in [1.54, 1.807) is 24.3 Å². The summed E-state index contributed by atoms with van der Waals surface area (Å²) in [5, 5.41) is 15.5. The molecular formula is C23H23ClN6O3. The maximum atomic E-state index is 12.6. The molecule has 0 radical (unpaired) electrons. The van der Waals surface area contributed by atoms with Crippen molar-refractivity contribution < 1.29 is 14.7 Å². The van der Waals surface area contributed by atoms with E-state index in [2.05, 4.69) is 32.5 Å². The lowest BCUT2D eigenvalue weighted by atomic mass is 10.1. The number of halogens is 1. The number of rotatable bonds is 5. The van der Waals surface area contributed by atoms with Gasteiger partial charge in [-0.1, -0.05) is 11.6 Å². The highest BCUT2D eigenvalue weighted by Gasteiger charge is 2.20. The largest absolute Gasteiger partial charge is 0.508 e. The Hall–Kier alpha value is -3.69. The maximum Gasteiger partial charge on any atom is 0.257 e. The van der Waals surface area contributed by atoms with Crippen LogP contribution in [-0.4, -0.2) is 69.9 Å². The second-order valence-corrected chi connectivity index (χ2v) is 8.12. The average molecular weight is 467 g/mol. The first-order chi connectivity index (χ1) is 15.9. The molecule has 0 saturated carbocycles. The lowest BCUT2D eigenvalue weighted by Gasteiger charge is -2.32. The molecule has 0 unspecified atom stereocenters. The molecule has 0 spiro atoms. The predicted molar refractivity (Wildman–Crippen MR) is 126 cm³/mol. The summed E-state index contributed by atoms with van der Waals surface area (Å²) in [6.07, 6.45) is 2.91. The van der Waals surface area contributed by atoms with Crippen LogP contribution >= 0.6 is 11.6 Å². The Balaban J connectivity index is 1.35. The Morgan fingerprint density at radius 1 is 0.970 bits per heavy atom. The smallest absolute Gasteiger partial charge is 0.257 e. The Bertz CT molecular complexity index is 1150. The van der Waals surface area contributed by atoms with Gasteiger partial charge in [0.05, 0.1) is 28.7 Å². The molecule has 170 valence electrons. The second kappa shape index (κ2) is 9.85. The fourth-order valence-corrected chi connectivity index (χ4v) is 3.56. The van der Waals surface area contributed by atoms with Crippen molar-refractivity contribution in [3.63, 3.8) is 0 Å². The third kappa shape index (κ3) is 5.57. The molecular weight excluding hydrogens is 444 g/mol. The molecule has 1 saturated heterocycles. The van der Waals surface area contributed by atoms with E-state index in [1.165, 1.54) is 30.6 Å². The highest BCUT2D eigenvalue weighted by Crippen LogP contribution is 2.22. The number of aromatic hydroxyl groups is 1. The first-order valence-corrected chi connectivity index (χ1v) is 10.7. The van der Waals surface area contributed by atoms with Gasteiger partial charge in [0.15, 0.2) is 0 Å². The first-order valence-electron chi connectivity index (χ1n) is 10.4. The number of benzene rings is 2. The number of nitrogens with zero attached hydrogens (tertiary/aromatic N) is 4. The summed E-state index contributed by atoms with van der Waals surface area (Å²) in [7, 11) is 2.05. The number of aromatic nitrogens is 2. The number of likely N-dealkylation sites (N-methyl/N-ethyl adjacent to an activating group) is 1. The van der Waals surface area contributed by atoms with Crippen LogP contribution in [0.5, 0.6) is 5.75 Å². The van der Waals surface area contributed by atoms with Crippen molar-refractivity contribution in [2.24, 2.45) is 0 Å². The van der Waals surface area contributed by atoms with Crippen LogP contribution in [-0.2, 0) is 0 Å². The monoisotopic (exact) mass is 466 g/mol. The molecule has 3 N–H and O–H groups in total. The van der Waals surface area contributed by atoms with Gasteiger partial charge in [-0.15, -0.1) is 0 Å². The number of carbonyl (C=O) groups is 2. The molecule has 33 heavy (non-hydrogen) atoms. The van der Waals surface area contributed by atoms with E-state index in [0.29, 0.717) is 17.2 Å². The summed E-state index contributed by atoms with van der Waals surface area (Å²) < 4.78 is 0. The van der Waals surface area contributed by atoms with Crippen LogP contribution in [0.1, 0.15) is 20.7 Å². The van der Waals surface area contributed by atoms with E-state index >= 15 is 0 Å². The van der Waals surface area contributed by atoms with Gasteiger partial charge in [-0.05, 0) is 49.5 Å². The van der Waals surface area contributed by atoms with Crippen LogP contribution in [0.25, 0.3) is 0 Å². The molecule has 1 aliphatic rings. The van der Waals surface area contributed by atoms with Crippen molar-refractivity contribution in [3.8, 4) is 5.75 Å². The molecule has 1 fully saturated rings. The maximum absolute atomic E-state index is 12.6. The first kappa shape index (κ1) is 22.5. The molecule has 4 rings (SSSR count). The van der Waals surface area contributed by atoms with Gasteiger partial charge < -0.3 is 25.5 Å². The van der Waals surface area contributed by atoms with Crippen LogP contribution in [0.2, 0.25) is 5.02 Å². The molecule has 2 amide bonds. The Morgan fingerprint density at radius 3 is 2.30 bits per heavy atom. The van der Waals surface area contributed by atoms with E-state index in [1.807, 2.05) is 4.90 Å². The molecule has 1 aliphatic heterocycles. The van der Waals surface area contributed by atoms with E-state index in [0.717, 1.165) is 31.9 Å². The average Bonchev–Trinajstić information content (AvgIpc) is 2.82. The van der Waals surface area contributed by atoms with E-state index < -0.39 is 5.91 Å². The second-order valence-electron chi connectivity index (χ2n) is 7.71. The van der Waals surface area contributed by atoms with Crippen molar-refractivity contribution in [1.29, 1.82) is 0 Å². The third-order valence-electron chi connectivity index (χ3n) is 5.28. The van der Waals surface area contributed by atoms with Crippen molar-refractivity contribution in [3.05, 3.63) is 71.0 Å². The van der Waals surface area contributed by atoms with Crippen LogP contribution < -0.4 is 10.6 Å². The molecule has 3 aromatic rings. The highest BCUT2D eigenvalue weighted by molar-refractivity contribution is 6.34. The van der Waals surface area contributed by atoms with Crippen molar-refractivity contribution in [2.75, 3.05) is 43.9 Å². The number of amides is 2. The number of hydrogen-bond acceptors (Lipinski definition) is 7. The summed E-state index contributed by atoms with van der Waals surface area (Å²) in [4.78, 5) is 37.5. The fraction of sp³-hybridized carbons (Fsp3) is 0.217. The third-order valence-corrected chi connectivity index (χ3v) is 5.61.